The predicted octanol–water partition coefficient (Wildman–Crippen LogP) is 3.67. The third-order valence-corrected chi connectivity index (χ3v) is 3.78. The van der Waals surface area contributed by atoms with E-state index in [0.717, 1.165) is 23.4 Å². The Morgan fingerprint density at radius 1 is 1.29 bits per heavy atom. The number of benzene rings is 2. The highest BCUT2D eigenvalue weighted by Crippen LogP contribution is 2.32. The second kappa shape index (κ2) is 5.56. The molecule has 0 saturated heterocycles. The monoisotopic (exact) mass is 284 g/mol. The van der Waals surface area contributed by atoms with Crippen molar-refractivity contribution < 1.29 is 9.18 Å². The zero-order chi connectivity index (χ0) is 14.8. The van der Waals surface area contributed by atoms with Crippen molar-refractivity contribution in [3.8, 4) is 0 Å². The van der Waals surface area contributed by atoms with E-state index in [-0.39, 0.29) is 17.5 Å². The second-order valence-corrected chi connectivity index (χ2v) is 5.33. The molecular formula is C17H17FN2O. The summed E-state index contributed by atoms with van der Waals surface area (Å²) in [6.07, 6.45) is 0.705. The van der Waals surface area contributed by atoms with Crippen LogP contribution in [0.25, 0.3) is 0 Å². The van der Waals surface area contributed by atoms with Crippen molar-refractivity contribution in [2.24, 2.45) is 0 Å². The van der Waals surface area contributed by atoms with E-state index < -0.39 is 5.82 Å². The number of rotatable bonds is 2. The first-order valence-electron chi connectivity index (χ1n) is 7.05. The number of carbonyl (C=O) groups excluding carboxylic acids is 1. The number of nitrogens with one attached hydrogen (secondary N) is 2. The highest BCUT2D eigenvalue weighted by atomic mass is 19.1. The van der Waals surface area contributed by atoms with Gasteiger partial charge >= 0.3 is 0 Å². The van der Waals surface area contributed by atoms with E-state index in [2.05, 4.69) is 10.6 Å². The lowest BCUT2D eigenvalue weighted by atomic mass is 9.90. The molecule has 1 aliphatic heterocycles. The van der Waals surface area contributed by atoms with E-state index in [1.165, 1.54) is 6.07 Å². The number of amides is 1. The van der Waals surface area contributed by atoms with Gasteiger partial charge in [0, 0.05) is 12.2 Å². The molecule has 1 amide bonds. The Hall–Kier alpha value is -2.36. The van der Waals surface area contributed by atoms with Gasteiger partial charge in [0.05, 0.1) is 11.6 Å². The summed E-state index contributed by atoms with van der Waals surface area (Å²) in [5, 5.41) is 5.98. The summed E-state index contributed by atoms with van der Waals surface area (Å²) < 4.78 is 13.8. The molecule has 1 aliphatic rings. The summed E-state index contributed by atoms with van der Waals surface area (Å²) >= 11 is 0. The highest BCUT2D eigenvalue weighted by Gasteiger charge is 2.26. The molecule has 21 heavy (non-hydrogen) atoms. The summed E-state index contributed by atoms with van der Waals surface area (Å²) in [4.78, 5) is 12.5. The SMILES string of the molecule is Cc1ccc(NC(=O)C2CCNc3ccccc32)c(F)c1. The molecule has 0 bridgehead atoms. The van der Waals surface area contributed by atoms with E-state index in [9.17, 15) is 9.18 Å². The van der Waals surface area contributed by atoms with Crippen molar-refractivity contribution in [1.82, 2.24) is 0 Å². The van der Waals surface area contributed by atoms with Crippen LogP contribution in [0.4, 0.5) is 15.8 Å². The van der Waals surface area contributed by atoms with E-state index in [1.807, 2.05) is 31.2 Å². The molecule has 2 aromatic rings. The Morgan fingerprint density at radius 2 is 2.10 bits per heavy atom. The normalized spacial score (nSPS) is 16.8. The minimum atomic E-state index is -0.398. The summed E-state index contributed by atoms with van der Waals surface area (Å²) in [6, 6.07) is 12.6. The summed E-state index contributed by atoms with van der Waals surface area (Å²) in [7, 11) is 0. The van der Waals surface area contributed by atoms with Gasteiger partial charge in [-0.15, -0.1) is 0 Å². The third-order valence-electron chi connectivity index (χ3n) is 3.78. The summed E-state index contributed by atoms with van der Waals surface area (Å²) in [6.45, 7) is 2.56. The molecule has 0 aromatic heterocycles. The number of hydrogen-bond acceptors (Lipinski definition) is 2. The molecule has 0 fully saturated rings. The van der Waals surface area contributed by atoms with Crippen LogP contribution in [0.3, 0.4) is 0 Å². The quantitative estimate of drug-likeness (QED) is 0.883. The number of hydrogen-bond donors (Lipinski definition) is 2. The van der Waals surface area contributed by atoms with Gasteiger partial charge in [-0.05, 0) is 42.7 Å². The number of halogens is 1. The zero-order valence-corrected chi connectivity index (χ0v) is 11.8. The fourth-order valence-electron chi connectivity index (χ4n) is 2.68. The van der Waals surface area contributed by atoms with E-state index >= 15 is 0 Å². The number of aryl methyl sites for hydroxylation is 1. The van der Waals surface area contributed by atoms with Crippen LogP contribution in [-0.4, -0.2) is 12.5 Å². The second-order valence-electron chi connectivity index (χ2n) is 5.33. The standard InChI is InChI=1S/C17H17FN2O/c1-11-6-7-16(14(18)10-11)20-17(21)13-8-9-19-15-5-3-2-4-12(13)15/h2-7,10,13,19H,8-9H2,1H3,(H,20,21). The third kappa shape index (κ3) is 2.75. The Bertz CT molecular complexity index is 684. The van der Waals surface area contributed by atoms with Crippen LogP contribution in [-0.2, 0) is 4.79 Å². The van der Waals surface area contributed by atoms with Crippen LogP contribution < -0.4 is 10.6 Å². The zero-order valence-electron chi connectivity index (χ0n) is 11.8. The van der Waals surface area contributed by atoms with Crippen LogP contribution in [0.15, 0.2) is 42.5 Å². The molecule has 0 aliphatic carbocycles. The number of fused-ring (bicyclic) bond motifs is 1. The maximum Gasteiger partial charge on any atom is 0.232 e. The van der Waals surface area contributed by atoms with Gasteiger partial charge in [-0.3, -0.25) is 4.79 Å². The van der Waals surface area contributed by atoms with Crippen LogP contribution in [0.1, 0.15) is 23.5 Å². The molecule has 0 spiro atoms. The molecular weight excluding hydrogens is 267 g/mol. The molecule has 2 aromatic carbocycles. The first kappa shape index (κ1) is 13.6. The van der Waals surface area contributed by atoms with Crippen molar-refractivity contribution in [1.29, 1.82) is 0 Å². The minimum absolute atomic E-state index is 0.160. The van der Waals surface area contributed by atoms with Crippen molar-refractivity contribution in [2.75, 3.05) is 17.2 Å². The molecule has 3 nitrogen and oxygen atoms in total. The Kier molecular flexibility index (Phi) is 3.60. The Labute approximate surface area is 123 Å². The average Bonchev–Trinajstić information content (AvgIpc) is 2.49. The van der Waals surface area contributed by atoms with Crippen LogP contribution in [0, 0.1) is 12.7 Å². The molecule has 1 atom stereocenters. The lowest BCUT2D eigenvalue weighted by Crippen LogP contribution is -2.27. The predicted molar refractivity (Wildman–Crippen MR) is 82.1 cm³/mol. The largest absolute Gasteiger partial charge is 0.385 e. The van der Waals surface area contributed by atoms with Gasteiger partial charge in [0.1, 0.15) is 5.82 Å². The first-order chi connectivity index (χ1) is 10.1. The minimum Gasteiger partial charge on any atom is -0.385 e. The Balaban J connectivity index is 1.83. The van der Waals surface area contributed by atoms with Crippen molar-refractivity contribution >= 4 is 17.3 Å². The van der Waals surface area contributed by atoms with E-state index in [0.29, 0.717) is 6.42 Å². The van der Waals surface area contributed by atoms with Crippen molar-refractivity contribution in [2.45, 2.75) is 19.3 Å². The number of para-hydroxylation sites is 1. The summed E-state index contributed by atoms with van der Waals surface area (Å²) in [5.74, 6) is -0.805. The van der Waals surface area contributed by atoms with Gasteiger partial charge in [0.2, 0.25) is 5.91 Å². The lowest BCUT2D eigenvalue weighted by molar-refractivity contribution is -0.117. The molecule has 108 valence electrons. The fraction of sp³-hybridized carbons (Fsp3) is 0.235. The molecule has 0 radical (unpaired) electrons. The first-order valence-corrected chi connectivity index (χ1v) is 7.05. The van der Waals surface area contributed by atoms with Gasteiger partial charge < -0.3 is 10.6 Å². The van der Waals surface area contributed by atoms with Crippen molar-refractivity contribution in [3.63, 3.8) is 0 Å². The summed E-state index contributed by atoms with van der Waals surface area (Å²) in [5.41, 5.74) is 3.02. The van der Waals surface area contributed by atoms with E-state index in [4.69, 9.17) is 0 Å². The van der Waals surface area contributed by atoms with Crippen LogP contribution in [0.5, 0.6) is 0 Å². The maximum absolute atomic E-state index is 13.8. The maximum atomic E-state index is 13.8. The fourth-order valence-corrected chi connectivity index (χ4v) is 2.68. The van der Waals surface area contributed by atoms with Gasteiger partial charge in [0.25, 0.3) is 0 Å². The topological polar surface area (TPSA) is 41.1 Å². The van der Waals surface area contributed by atoms with Gasteiger partial charge in [-0.2, -0.15) is 0 Å². The van der Waals surface area contributed by atoms with Crippen LogP contribution in [0.2, 0.25) is 0 Å². The number of anilines is 2. The molecule has 0 saturated carbocycles. The highest BCUT2D eigenvalue weighted by molar-refractivity contribution is 5.97. The average molecular weight is 284 g/mol. The van der Waals surface area contributed by atoms with Gasteiger partial charge in [-0.25, -0.2) is 4.39 Å². The van der Waals surface area contributed by atoms with Crippen LogP contribution >= 0.6 is 0 Å². The van der Waals surface area contributed by atoms with Gasteiger partial charge in [-0.1, -0.05) is 24.3 Å². The van der Waals surface area contributed by atoms with Gasteiger partial charge in [0.15, 0.2) is 0 Å². The Morgan fingerprint density at radius 3 is 2.90 bits per heavy atom. The lowest BCUT2D eigenvalue weighted by Gasteiger charge is -2.26. The molecule has 4 heteroatoms. The molecule has 3 rings (SSSR count). The molecule has 2 N–H and O–H groups in total. The van der Waals surface area contributed by atoms with Crippen molar-refractivity contribution in [3.05, 3.63) is 59.4 Å². The van der Waals surface area contributed by atoms with E-state index in [1.54, 1.807) is 12.1 Å². The number of carbonyl (C=O) groups is 1. The molecule has 1 unspecified atom stereocenters. The smallest absolute Gasteiger partial charge is 0.232 e. The molecule has 1 heterocycles.